The standard InChI is InChI=1S/C27H17Cl2NO5/c28-16-9-5-14(6-10-16)13-30-25(33)20-21(26(30)34)27(35-22(20)15-7-11-17(29)12-8-15)23(31)18-3-1-2-4-19(18)24(27)32/h1-12,20-22H,13H2/t20-,21-,22+/m1/s1. The molecule has 2 aliphatic heterocycles. The Labute approximate surface area is 210 Å². The highest BCUT2D eigenvalue weighted by Crippen LogP contribution is 2.57. The van der Waals surface area contributed by atoms with E-state index in [0.29, 0.717) is 21.2 Å². The number of carbonyl (C=O) groups is 4. The molecule has 6 nitrogen and oxygen atoms in total. The summed E-state index contributed by atoms with van der Waals surface area (Å²) in [5.41, 5.74) is -0.428. The third-order valence-corrected chi connectivity index (χ3v) is 7.57. The molecule has 174 valence electrons. The highest BCUT2D eigenvalue weighted by Gasteiger charge is 2.74. The molecule has 3 aromatic rings. The minimum Gasteiger partial charge on any atom is -0.349 e. The van der Waals surface area contributed by atoms with E-state index >= 15 is 0 Å². The summed E-state index contributed by atoms with van der Waals surface area (Å²) in [5, 5.41) is 1.01. The lowest BCUT2D eigenvalue weighted by Gasteiger charge is -2.27. The number of imide groups is 1. The first kappa shape index (κ1) is 22.2. The van der Waals surface area contributed by atoms with Crippen LogP contribution in [-0.2, 0) is 20.9 Å². The minimum atomic E-state index is -2.08. The van der Waals surface area contributed by atoms with Crippen molar-refractivity contribution in [2.24, 2.45) is 11.8 Å². The van der Waals surface area contributed by atoms with Gasteiger partial charge in [0.25, 0.3) is 0 Å². The summed E-state index contributed by atoms with van der Waals surface area (Å²) in [7, 11) is 0. The molecule has 3 aliphatic rings. The Kier molecular flexibility index (Phi) is 4.97. The predicted molar refractivity (Wildman–Crippen MR) is 127 cm³/mol. The van der Waals surface area contributed by atoms with Crippen molar-refractivity contribution in [3.63, 3.8) is 0 Å². The van der Waals surface area contributed by atoms with Crippen LogP contribution in [0.4, 0.5) is 0 Å². The number of amides is 2. The Morgan fingerprint density at radius 3 is 1.86 bits per heavy atom. The number of benzene rings is 3. The molecule has 2 heterocycles. The Hall–Kier alpha value is -3.32. The molecule has 0 unspecified atom stereocenters. The number of ketones is 2. The van der Waals surface area contributed by atoms with Gasteiger partial charge in [-0.15, -0.1) is 0 Å². The normalized spacial score (nSPS) is 24.4. The lowest BCUT2D eigenvalue weighted by atomic mass is 9.77. The van der Waals surface area contributed by atoms with Crippen LogP contribution < -0.4 is 0 Å². The number of likely N-dealkylation sites (tertiary alicyclic amines) is 1. The zero-order chi connectivity index (χ0) is 24.5. The van der Waals surface area contributed by atoms with Crippen LogP contribution in [0.2, 0.25) is 10.0 Å². The van der Waals surface area contributed by atoms with Crippen LogP contribution in [0.1, 0.15) is 37.9 Å². The summed E-state index contributed by atoms with van der Waals surface area (Å²) in [6.45, 7) is 0.000578. The fourth-order valence-corrected chi connectivity index (χ4v) is 5.71. The van der Waals surface area contributed by atoms with E-state index in [2.05, 4.69) is 0 Å². The second kappa shape index (κ2) is 7.85. The third kappa shape index (κ3) is 3.07. The van der Waals surface area contributed by atoms with Gasteiger partial charge in [-0.2, -0.15) is 0 Å². The van der Waals surface area contributed by atoms with Crippen molar-refractivity contribution in [2.45, 2.75) is 18.2 Å². The Balaban J connectivity index is 1.48. The van der Waals surface area contributed by atoms with Gasteiger partial charge >= 0.3 is 0 Å². The van der Waals surface area contributed by atoms with Crippen LogP contribution in [0.3, 0.4) is 0 Å². The maximum atomic E-state index is 13.8. The summed E-state index contributed by atoms with van der Waals surface area (Å²) < 4.78 is 6.24. The zero-order valence-corrected chi connectivity index (χ0v) is 19.6. The van der Waals surface area contributed by atoms with E-state index in [1.54, 1.807) is 72.8 Å². The second-order valence-electron chi connectivity index (χ2n) is 8.92. The van der Waals surface area contributed by atoms with Crippen LogP contribution in [0, 0.1) is 11.8 Å². The summed E-state index contributed by atoms with van der Waals surface area (Å²) >= 11 is 12.0. The van der Waals surface area contributed by atoms with Crippen LogP contribution in [0.15, 0.2) is 72.8 Å². The molecule has 6 rings (SSSR count). The van der Waals surface area contributed by atoms with Gasteiger partial charge < -0.3 is 4.74 Å². The van der Waals surface area contributed by atoms with E-state index < -0.39 is 46.9 Å². The molecule has 3 aromatic carbocycles. The molecule has 0 aromatic heterocycles. The maximum Gasteiger partial charge on any atom is 0.237 e. The molecule has 35 heavy (non-hydrogen) atoms. The van der Waals surface area contributed by atoms with E-state index in [4.69, 9.17) is 27.9 Å². The first-order valence-corrected chi connectivity index (χ1v) is 11.8. The summed E-state index contributed by atoms with van der Waals surface area (Å²) in [5.74, 6) is -4.55. The highest BCUT2D eigenvalue weighted by atomic mass is 35.5. The smallest absolute Gasteiger partial charge is 0.237 e. The lowest BCUT2D eigenvalue weighted by molar-refractivity contribution is -0.145. The van der Waals surface area contributed by atoms with Crippen molar-refractivity contribution in [3.05, 3.63) is 105 Å². The maximum absolute atomic E-state index is 13.8. The average molecular weight is 506 g/mol. The summed E-state index contributed by atoms with van der Waals surface area (Å²) in [4.78, 5) is 56.0. The van der Waals surface area contributed by atoms with Crippen molar-refractivity contribution in [1.29, 1.82) is 0 Å². The van der Waals surface area contributed by atoms with Crippen molar-refractivity contribution in [2.75, 3.05) is 0 Å². The first-order valence-electron chi connectivity index (χ1n) is 11.0. The zero-order valence-electron chi connectivity index (χ0n) is 18.1. The van der Waals surface area contributed by atoms with Gasteiger partial charge in [0.05, 0.1) is 24.5 Å². The quantitative estimate of drug-likeness (QED) is 0.381. The van der Waals surface area contributed by atoms with E-state index in [-0.39, 0.29) is 17.7 Å². The molecule has 0 saturated carbocycles. The number of carbonyl (C=O) groups excluding carboxylic acids is 4. The number of fused-ring (bicyclic) bond motifs is 3. The van der Waals surface area contributed by atoms with Crippen molar-refractivity contribution < 1.29 is 23.9 Å². The molecule has 2 fully saturated rings. The van der Waals surface area contributed by atoms with Gasteiger partial charge in [0.1, 0.15) is 0 Å². The molecule has 8 heteroatoms. The van der Waals surface area contributed by atoms with E-state index in [9.17, 15) is 19.2 Å². The lowest BCUT2D eigenvalue weighted by Crippen LogP contribution is -2.50. The first-order chi connectivity index (χ1) is 16.8. The molecule has 1 spiro atoms. The SMILES string of the molecule is O=C1[C@H]2[C@H](c3ccc(Cl)cc3)OC3(C(=O)c4ccccc4C3=O)[C@H]2C(=O)N1Cc1ccc(Cl)cc1. The van der Waals surface area contributed by atoms with Gasteiger partial charge in [0.15, 0.2) is 0 Å². The Bertz CT molecular complexity index is 1380. The number of halogens is 2. The molecular weight excluding hydrogens is 489 g/mol. The number of rotatable bonds is 3. The van der Waals surface area contributed by atoms with Crippen LogP contribution in [0.5, 0.6) is 0 Å². The van der Waals surface area contributed by atoms with E-state index in [1.807, 2.05) is 0 Å². The third-order valence-electron chi connectivity index (χ3n) is 7.06. The van der Waals surface area contributed by atoms with Crippen molar-refractivity contribution >= 4 is 46.6 Å². The monoisotopic (exact) mass is 505 g/mol. The fraction of sp³-hybridized carbons (Fsp3) is 0.185. The topological polar surface area (TPSA) is 80.8 Å². The highest BCUT2D eigenvalue weighted by molar-refractivity contribution is 6.35. The number of nitrogens with zero attached hydrogens (tertiary/aromatic N) is 1. The van der Waals surface area contributed by atoms with Gasteiger partial charge in [0.2, 0.25) is 29.0 Å². The Morgan fingerprint density at radius 2 is 1.29 bits per heavy atom. The number of hydrogen-bond acceptors (Lipinski definition) is 5. The van der Waals surface area contributed by atoms with Crippen LogP contribution in [-0.4, -0.2) is 33.9 Å². The van der Waals surface area contributed by atoms with Crippen LogP contribution in [0.25, 0.3) is 0 Å². The molecular formula is C27H17Cl2NO5. The number of hydrogen-bond donors (Lipinski definition) is 0. The molecule has 2 saturated heterocycles. The van der Waals surface area contributed by atoms with Gasteiger partial charge in [-0.3, -0.25) is 24.1 Å². The molecule has 3 atom stereocenters. The summed E-state index contributed by atoms with van der Waals surface area (Å²) in [6, 6.07) is 19.8. The predicted octanol–water partition coefficient (Wildman–Crippen LogP) is 4.68. The summed E-state index contributed by atoms with van der Waals surface area (Å²) in [6.07, 6.45) is -0.967. The van der Waals surface area contributed by atoms with E-state index in [0.717, 1.165) is 4.90 Å². The number of ether oxygens (including phenoxy) is 1. The van der Waals surface area contributed by atoms with Crippen molar-refractivity contribution in [3.8, 4) is 0 Å². The average Bonchev–Trinajstić information content (AvgIpc) is 3.42. The van der Waals surface area contributed by atoms with E-state index in [1.165, 1.54) is 0 Å². The largest absolute Gasteiger partial charge is 0.349 e. The van der Waals surface area contributed by atoms with Crippen molar-refractivity contribution in [1.82, 2.24) is 4.90 Å². The fourth-order valence-electron chi connectivity index (χ4n) is 5.46. The molecule has 0 bridgehead atoms. The van der Waals surface area contributed by atoms with Crippen LogP contribution >= 0.6 is 23.2 Å². The second-order valence-corrected chi connectivity index (χ2v) is 9.79. The molecule has 0 radical (unpaired) electrons. The number of Topliss-reactive ketones (excluding diaryl/α,β-unsaturated/α-hetero) is 2. The van der Waals surface area contributed by atoms with Gasteiger partial charge in [0, 0.05) is 21.2 Å². The van der Waals surface area contributed by atoms with Gasteiger partial charge in [-0.1, -0.05) is 71.7 Å². The van der Waals surface area contributed by atoms with Gasteiger partial charge in [-0.25, -0.2) is 0 Å². The molecule has 2 amide bonds. The Morgan fingerprint density at radius 1 is 0.743 bits per heavy atom. The molecule has 1 aliphatic carbocycles. The minimum absolute atomic E-state index is 0.000578. The van der Waals surface area contributed by atoms with Gasteiger partial charge in [-0.05, 0) is 35.4 Å². The molecule has 0 N–H and O–H groups in total.